The standard InChI is InChI=1S/C15H19N3O2/c1-4-13(19)17-14(15-16-8-9-18(15)2)11-6-5-7-12(10-11)20-3/h5-10,14H,4H2,1-3H3,(H,17,19). The summed E-state index contributed by atoms with van der Waals surface area (Å²) in [4.78, 5) is 16.1. The molecule has 0 saturated heterocycles. The molecule has 1 unspecified atom stereocenters. The number of imidazole rings is 1. The van der Waals surface area contributed by atoms with Gasteiger partial charge < -0.3 is 14.6 Å². The first-order valence-electron chi connectivity index (χ1n) is 6.56. The Labute approximate surface area is 118 Å². The van der Waals surface area contributed by atoms with E-state index < -0.39 is 0 Å². The molecule has 0 aliphatic carbocycles. The maximum Gasteiger partial charge on any atom is 0.220 e. The van der Waals surface area contributed by atoms with Crippen LogP contribution in [0.2, 0.25) is 0 Å². The van der Waals surface area contributed by atoms with Crippen LogP contribution in [0.25, 0.3) is 0 Å². The molecule has 20 heavy (non-hydrogen) atoms. The van der Waals surface area contributed by atoms with Crippen LogP contribution in [0, 0.1) is 0 Å². The first-order valence-corrected chi connectivity index (χ1v) is 6.56. The van der Waals surface area contributed by atoms with E-state index in [0.717, 1.165) is 17.1 Å². The molecule has 1 heterocycles. The Kier molecular flexibility index (Phi) is 4.40. The van der Waals surface area contributed by atoms with Crippen LogP contribution < -0.4 is 10.1 Å². The normalized spacial score (nSPS) is 11.9. The van der Waals surface area contributed by atoms with E-state index in [1.807, 2.05) is 49.0 Å². The molecule has 0 fully saturated rings. The van der Waals surface area contributed by atoms with Crippen molar-refractivity contribution in [2.75, 3.05) is 7.11 Å². The fourth-order valence-corrected chi connectivity index (χ4v) is 2.04. The van der Waals surface area contributed by atoms with Gasteiger partial charge in [-0.15, -0.1) is 0 Å². The smallest absolute Gasteiger partial charge is 0.220 e. The third kappa shape index (κ3) is 2.99. The first kappa shape index (κ1) is 14.1. The van der Waals surface area contributed by atoms with E-state index in [2.05, 4.69) is 10.3 Å². The van der Waals surface area contributed by atoms with Crippen molar-refractivity contribution in [3.63, 3.8) is 0 Å². The molecule has 1 N–H and O–H groups in total. The van der Waals surface area contributed by atoms with Gasteiger partial charge in [0, 0.05) is 25.9 Å². The van der Waals surface area contributed by atoms with Gasteiger partial charge in [0.05, 0.1) is 7.11 Å². The molecule has 1 amide bonds. The number of nitrogens with one attached hydrogen (secondary N) is 1. The van der Waals surface area contributed by atoms with Crippen molar-refractivity contribution in [1.29, 1.82) is 0 Å². The number of ether oxygens (including phenoxy) is 1. The zero-order chi connectivity index (χ0) is 14.5. The second-order valence-electron chi connectivity index (χ2n) is 4.53. The van der Waals surface area contributed by atoms with E-state index in [1.165, 1.54) is 0 Å². The van der Waals surface area contributed by atoms with Gasteiger partial charge in [0.15, 0.2) is 0 Å². The number of hydrogen-bond donors (Lipinski definition) is 1. The van der Waals surface area contributed by atoms with Crippen LogP contribution >= 0.6 is 0 Å². The summed E-state index contributed by atoms with van der Waals surface area (Å²) in [5.74, 6) is 1.54. The van der Waals surface area contributed by atoms with Crippen molar-refractivity contribution in [2.45, 2.75) is 19.4 Å². The summed E-state index contributed by atoms with van der Waals surface area (Å²) in [7, 11) is 3.53. The molecule has 0 saturated carbocycles. The van der Waals surface area contributed by atoms with Crippen molar-refractivity contribution >= 4 is 5.91 Å². The highest BCUT2D eigenvalue weighted by molar-refractivity contribution is 5.76. The van der Waals surface area contributed by atoms with Crippen LogP contribution in [0.5, 0.6) is 5.75 Å². The zero-order valence-corrected chi connectivity index (χ0v) is 12.0. The third-order valence-corrected chi connectivity index (χ3v) is 3.17. The predicted molar refractivity (Wildman–Crippen MR) is 76.5 cm³/mol. The molecule has 0 spiro atoms. The van der Waals surface area contributed by atoms with E-state index in [4.69, 9.17) is 4.74 Å². The Morgan fingerprint density at radius 3 is 2.90 bits per heavy atom. The van der Waals surface area contributed by atoms with Gasteiger partial charge in [-0.05, 0) is 17.7 Å². The molecular formula is C15H19N3O2. The molecule has 5 nitrogen and oxygen atoms in total. The number of carbonyl (C=O) groups excluding carboxylic acids is 1. The molecule has 1 atom stereocenters. The van der Waals surface area contributed by atoms with Crippen molar-refractivity contribution < 1.29 is 9.53 Å². The Hall–Kier alpha value is -2.30. The molecule has 5 heteroatoms. The lowest BCUT2D eigenvalue weighted by atomic mass is 10.1. The summed E-state index contributed by atoms with van der Waals surface area (Å²) in [6, 6.07) is 7.37. The summed E-state index contributed by atoms with van der Waals surface area (Å²) in [5, 5.41) is 3.00. The van der Waals surface area contributed by atoms with E-state index in [1.54, 1.807) is 13.3 Å². The number of amides is 1. The fraction of sp³-hybridized carbons (Fsp3) is 0.333. The molecule has 0 aliphatic rings. The van der Waals surface area contributed by atoms with Gasteiger partial charge in [-0.1, -0.05) is 19.1 Å². The van der Waals surface area contributed by atoms with E-state index in [-0.39, 0.29) is 11.9 Å². The number of aryl methyl sites for hydroxylation is 1. The van der Waals surface area contributed by atoms with Gasteiger partial charge in [-0.25, -0.2) is 4.98 Å². The quantitative estimate of drug-likeness (QED) is 0.907. The summed E-state index contributed by atoms with van der Waals surface area (Å²) >= 11 is 0. The molecule has 2 rings (SSSR count). The summed E-state index contributed by atoms with van der Waals surface area (Å²) in [5.41, 5.74) is 0.945. The van der Waals surface area contributed by atoms with Gasteiger partial charge in [0.1, 0.15) is 17.6 Å². The molecule has 0 bridgehead atoms. The average molecular weight is 273 g/mol. The van der Waals surface area contributed by atoms with Crippen molar-refractivity contribution in [3.8, 4) is 5.75 Å². The zero-order valence-electron chi connectivity index (χ0n) is 12.0. The van der Waals surface area contributed by atoms with E-state index >= 15 is 0 Å². The second-order valence-corrected chi connectivity index (χ2v) is 4.53. The number of nitrogens with zero attached hydrogens (tertiary/aromatic N) is 2. The number of benzene rings is 1. The summed E-state index contributed by atoms with van der Waals surface area (Å²) in [6.45, 7) is 1.83. The number of carbonyl (C=O) groups is 1. The SMILES string of the molecule is CCC(=O)NC(c1cccc(OC)c1)c1nccn1C. The predicted octanol–water partition coefficient (Wildman–Crippen LogP) is 2.04. The molecule has 0 radical (unpaired) electrons. The Morgan fingerprint density at radius 1 is 1.50 bits per heavy atom. The molecule has 1 aromatic heterocycles. The van der Waals surface area contributed by atoms with Gasteiger partial charge in [0.25, 0.3) is 0 Å². The van der Waals surface area contributed by atoms with Crippen LogP contribution in [0.15, 0.2) is 36.7 Å². The van der Waals surface area contributed by atoms with Gasteiger partial charge in [-0.2, -0.15) is 0 Å². The Bertz CT molecular complexity index is 592. The van der Waals surface area contributed by atoms with Crippen LogP contribution in [0.1, 0.15) is 30.8 Å². The number of hydrogen-bond acceptors (Lipinski definition) is 3. The summed E-state index contributed by atoms with van der Waals surface area (Å²) < 4.78 is 7.15. The fourth-order valence-electron chi connectivity index (χ4n) is 2.04. The van der Waals surface area contributed by atoms with Crippen LogP contribution in [0.3, 0.4) is 0 Å². The van der Waals surface area contributed by atoms with E-state index in [9.17, 15) is 4.79 Å². The lowest BCUT2D eigenvalue weighted by Gasteiger charge is -2.19. The van der Waals surface area contributed by atoms with E-state index in [0.29, 0.717) is 6.42 Å². The van der Waals surface area contributed by atoms with Crippen LogP contribution in [0.4, 0.5) is 0 Å². The molecule has 106 valence electrons. The van der Waals surface area contributed by atoms with Crippen molar-refractivity contribution in [3.05, 3.63) is 48.0 Å². The van der Waals surface area contributed by atoms with Crippen LogP contribution in [-0.4, -0.2) is 22.6 Å². The topological polar surface area (TPSA) is 56.1 Å². The minimum absolute atomic E-state index is 0.0131. The van der Waals surface area contributed by atoms with Gasteiger partial charge in [-0.3, -0.25) is 4.79 Å². The lowest BCUT2D eigenvalue weighted by Crippen LogP contribution is -2.30. The van der Waals surface area contributed by atoms with Crippen LogP contribution in [-0.2, 0) is 11.8 Å². The third-order valence-electron chi connectivity index (χ3n) is 3.17. The van der Waals surface area contributed by atoms with Gasteiger partial charge in [0.2, 0.25) is 5.91 Å². The van der Waals surface area contributed by atoms with Gasteiger partial charge >= 0.3 is 0 Å². The first-order chi connectivity index (χ1) is 9.65. The summed E-state index contributed by atoms with van der Waals surface area (Å²) in [6.07, 6.45) is 4.02. The maximum atomic E-state index is 11.8. The lowest BCUT2D eigenvalue weighted by molar-refractivity contribution is -0.121. The minimum Gasteiger partial charge on any atom is -0.497 e. The highest BCUT2D eigenvalue weighted by Gasteiger charge is 2.20. The number of methoxy groups -OCH3 is 1. The minimum atomic E-state index is -0.280. The highest BCUT2D eigenvalue weighted by atomic mass is 16.5. The maximum absolute atomic E-state index is 11.8. The number of aromatic nitrogens is 2. The Balaban J connectivity index is 2.40. The molecule has 1 aromatic carbocycles. The second kappa shape index (κ2) is 6.23. The molecule has 0 aliphatic heterocycles. The number of rotatable bonds is 5. The monoisotopic (exact) mass is 273 g/mol. The highest BCUT2D eigenvalue weighted by Crippen LogP contribution is 2.24. The largest absolute Gasteiger partial charge is 0.497 e. The van der Waals surface area contributed by atoms with Crippen molar-refractivity contribution in [1.82, 2.24) is 14.9 Å². The average Bonchev–Trinajstić information content (AvgIpc) is 2.90. The Morgan fingerprint density at radius 2 is 2.30 bits per heavy atom. The van der Waals surface area contributed by atoms with Crippen molar-refractivity contribution in [2.24, 2.45) is 7.05 Å². The molecule has 2 aromatic rings. The molecular weight excluding hydrogens is 254 g/mol.